The Morgan fingerprint density at radius 1 is 1.14 bits per heavy atom. The maximum absolute atomic E-state index is 11.9. The van der Waals surface area contributed by atoms with Crippen molar-refractivity contribution in [3.63, 3.8) is 0 Å². The Hall–Kier alpha value is -2.12. The van der Waals surface area contributed by atoms with Crippen LogP contribution in [0.2, 0.25) is 5.02 Å². The molecule has 0 N–H and O–H groups in total. The van der Waals surface area contributed by atoms with Gasteiger partial charge in [0, 0.05) is 12.1 Å². The molecule has 0 saturated heterocycles. The molecule has 0 fully saturated rings. The second-order valence-electron chi connectivity index (χ2n) is 4.45. The molecule has 0 heterocycles. The average molecular weight is 342 g/mol. The minimum atomic E-state index is -3.84. The van der Waals surface area contributed by atoms with Gasteiger partial charge in [0.05, 0.1) is 15.7 Å². The molecule has 0 radical (unpaired) electrons. The highest BCUT2D eigenvalue weighted by atomic mass is 35.5. The van der Waals surface area contributed by atoms with Crippen molar-refractivity contribution in [2.24, 2.45) is 0 Å². The fraction of sp³-hybridized carbons (Fsp3) is 0.143. The number of non-ortho nitro benzene ring substituents is 1. The number of hydrogen-bond acceptors (Lipinski definition) is 5. The lowest BCUT2D eigenvalue weighted by Crippen LogP contribution is -2.15. The summed E-state index contributed by atoms with van der Waals surface area (Å²) >= 11 is 5.80. The molecule has 2 aromatic carbocycles. The molecule has 0 aliphatic rings. The number of rotatable bonds is 6. The Balaban J connectivity index is 2.07. The predicted octanol–water partition coefficient (Wildman–Crippen LogP) is 3.20. The van der Waals surface area contributed by atoms with Crippen molar-refractivity contribution < 1.29 is 17.5 Å². The number of halogens is 1. The van der Waals surface area contributed by atoms with Gasteiger partial charge >= 0.3 is 10.1 Å². The molecule has 0 aromatic heterocycles. The largest absolute Gasteiger partial charge is 0.381 e. The van der Waals surface area contributed by atoms with E-state index in [-0.39, 0.29) is 22.2 Å². The van der Waals surface area contributed by atoms with E-state index in [0.29, 0.717) is 6.42 Å². The van der Waals surface area contributed by atoms with E-state index >= 15 is 0 Å². The van der Waals surface area contributed by atoms with Gasteiger partial charge in [-0.25, -0.2) is 0 Å². The van der Waals surface area contributed by atoms with Crippen LogP contribution >= 0.6 is 11.6 Å². The molecule has 116 valence electrons. The molecule has 0 saturated carbocycles. The van der Waals surface area contributed by atoms with E-state index < -0.39 is 15.0 Å². The minimum absolute atomic E-state index is 0.125. The molecule has 0 atom stereocenters. The summed E-state index contributed by atoms with van der Waals surface area (Å²) in [7, 11) is -3.84. The summed E-state index contributed by atoms with van der Waals surface area (Å²) in [5, 5.41) is 10.5. The first-order valence-electron chi connectivity index (χ1n) is 6.27. The average Bonchev–Trinajstić information content (AvgIpc) is 2.48. The Kier molecular flexibility index (Phi) is 4.99. The van der Waals surface area contributed by atoms with Crippen LogP contribution in [0.3, 0.4) is 0 Å². The van der Waals surface area contributed by atoms with Crippen molar-refractivity contribution >= 4 is 27.4 Å². The monoisotopic (exact) mass is 341 g/mol. The normalized spacial score (nSPS) is 11.1. The van der Waals surface area contributed by atoms with Crippen molar-refractivity contribution in [3.05, 3.63) is 69.2 Å². The quantitative estimate of drug-likeness (QED) is 0.457. The topological polar surface area (TPSA) is 86.5 Å². The summed E-state index contributed by atoms with van der Waals surface area (Å²) in [6, 6.07) is 12.4. The molecular weight excluding hydrogens is 330 g/mol. The third-order valence-electron chi connectivity index (χ3n) is 2.83. The minimum Gasteiger partial charge on any atom is -0.381 e. The van der Waals surface area contributed by atoms with Gasteiger partial charge in [-0.1, -0.05) is 41.9 Å². The third kappa shape index (κ3) is 4.44. The number of hydrogen-bond donors (Lipinski definition) is 0. The van der Waals surface area contributed by atoms with Crippen LogP contribution in [-0.4, -0.2) is 19.1 Å². The van der Waals surface area contributed by atoms with Crippen molar-refractivity contribution in [2.45, 2.75) is 6.42 Å². The van der Waals surface area contributed by atoms with E-state index in [1.54, 1.807) is 0 Å². The summed E-state index contributed by atoms with van der Waals surface area (Å²) in [6.45, 7) is 0. The SMILES string of the molecule is O=[N+]([O-])c1ccc(OS(=O)(=O)CCc2ccccc2)c(Cl)c1. The van der Waals surface area contributed by atoms with Crippen LogP contribution in [0.1, 0.15) is 5.56 Å². The second-order valence-corrected chi connectivity index (χ2v) is 6.55. The molecule has 0 aliphatic heterocycles. The van der Waals surface area contributed by atoms with Crippen LogP contribution in [0.25, 0.3) is 0 Å². The smallest absolute Gasteiger partial charge is 0.309 e. The van der Waals surface area contributed by atoms with Crippen molar-refractivity contribution in [1.82, 2.24) is 0 Å². The summed E-state index contributed by atoms with van der Waals surface area (Å²) in [6.07, 6.45) is 0.299. The number of aryl methyl sites for hydroxylation is 1. The molecule has 0 amide bonds. The first-order valence-corrected chi connectivity index (χ1v) is 8.23. The Labute approximate surface area is 132 Å². The molecule has 0 aliphatic carbocycles. The number of nitro benzene ring substituents is 1. The van der Waals surface area contributed by atoms with Gasteiger partial charge in [0.1, 0.15) is 0 Å². The first kappa shape index (κ1) is 16.3. The van der Waals surface area contributed by atoms with Gasteiger partial charge in [0.2, 0.25) is 0 Å². The summed E-state index contributed by atoms with van der Waals surface area (Å²) in [4.78, 5) is 9.97. The van der Waals surface area contributed by atoms with E-state index in [1.807, 2.05) is 30.3 Å². The van der Waals surface area contributed by atoms with Crippen molar-refractivity contribution in [3.8, 4) is 5.75 Å². The highest BCUT2D eigenvalue weighted by molar-refractivity contribution is 7.87. The van der Waals surface area contributed by atoms with Crippen molar-refractivity contribution in [1.29, 1.82) is 0 Å². The number of nitrogens with zero attached hydrogens (tertiary/aromatic N) is 1. The third-order valence-corrected chi connectivity index (χ3v) is 4.26. The second kappa shape index (κ2) is 6.76. The van der Waals surface area contributed by atoms with E-state index in [1.165, 1.54) is 6.07 Å². The van der Waals surface area contributed by atoms with Crippen molar-refractivity contribution in [2.75, 3.05) is 5.75 Å². The van der Waals surface area contributed by atoms with E-state index in [2.05, 4.69) is 0 Å². The van der Waals surface area contributed by atoms with Gasteiger partial charge in [-0.15, -0.1) is 0 Å². The Morgan fingerprint density at radius 3 is 2.41 bits per heavy atom. The van der Waals surface area contributed by atoms with Gasteiger partial charge in [-0.05, 0) is 18.1 Å². The zero-order valence-corrected chi connectivity index (χ0v) is 12.9. The molecule has 6 nitrogen and oxygen atoms in total. The van der Waals surface area contributed by atoms with Crippen LogP contribution < -0.4 is 4.18 Å². The zero-order valence-electron chi connectivity index (χ0n) is 11.3. The molecule has 2 aromatic rings. The van der Waals surface area contributed by atoms with Crippen LogP contribution in [0.4, 0.5) is 5.69 Å². The Bertz CT molecular complexity index is 777. The van der Waals surface area contributed by atoms with Gasteiger partial charge in [-0.3, -0.25) is 10.1 Å². The van der Waals surface area contributed by atoms with Crippen LogP contribution in [0.5, 0.6) is 5.75 Å². The van der Waals surface area contributed by atoms with Gasteiger partial charge < -0.3 is 4.18 Å². The zero-order chi connectivity index (χ0) is 16.2. The highest BCUT2D eigenvalue weighted by Crippen LogP contribution is 2.29. The van der Waals surface area contributed by atoms with E-state index in [4.69, 9.17) is 15.8 Å². The van der Waals surface area contributed by atoms with E-state index in [9.17, 15) is 18.5 Å². The lowest BCUT2D eigenvalue weighted by molar-refractivity contribution is -0.384. The number of nitro groups is 1. The van der Waals surface area contributed by atoms with Gasteiger partial charge in [0.15, 0.2) is 5.75 Å². The fourth-order valence-electron chi connectivity index (χ4n) is 1.74. The molecule has 0 unspecified atom stereocenters. The maximum Gasteiger partial charge on any atom is 0.309 e. The van der Waals surface area contributed by atoms with Crippen LogP contribution in [0.15, 0.2) is 48.5 Å². The molecular formula is C14H12ClNO5S. The molecule has 0 spiro atoms. The molecule has 0 bridgehead atoms. The molecule has 8 heteroatoms. The lowest BCUT2D eigenvalue weighted by Gasteiger charge is -2.08. The molecule has 2 rings (SSSR count). The van der Waals surface area contributed by atoms with Crippen LogP contribution in [-0.2, 0) is 16.5 Å². The number of benzene rings is 2. The standard InChI is InChI=1S/C14H12ClNO5S/c15-13-10-12(16(17)18)6-7-14(13)21-22(19,20)9-8-11-4-2-1-3-5-11/h1-7,10H,8-9H2. The summed E-state index contributed by atoms with van der Waals surface area (Å²) < 4.78 is 28.8. The first-order chi connectivity index (χ1) is 10.4. The maximum atomic E-state index is 11.9. The predicted molar refractivity (Wildman–Crippen MR) is 82.7 cm³/mol. The van der Waals surface area contributed by atoms with E-state index in [0.717, 1.165) is 17.7 Å². The van der Waals surface area contributed by atoms with Gasteiger partial charge in [-0.2, -0.15) is 8.42 Å². The lowest BCUT2D eigenvalue weighted by atomic mass is 10.2. The molecule has 22 heavy (non-hydrogen) atoms. The summed E-state index contributed by atoms with van der Waals surface area (Å²) in [5.41, 5.74) is 0.628. The van der Waals surface area contributed by atoms with Crippen LogP contribution in [0, 0.1) is 10.1 Å². The fourth-order valence-corrected chi connectivity index (χ4v) is 2.98. The Morgan fingerprint density at radius 2 is 1.82 bits per heavy atom. The summed E-state index contributed by atoms with van der Waals surface area (Å²) in [5.74, 6) is -0.343. The highest BCUT2D eigenvalue weighted by Gasteiger charge is 2.17. The van der Waals surface area contributed by atoms with Gasteiger partial charge in [0.25, 0.3) is 5.69 Å².